The Bertz CT molecular complexity index is 570. The molecule has 0 aliphatic heterocycles. The predicted octanol–water partition coefficient (Wildman–Crippen LogP) is 3.57. The molecule has 1 heterocycles. The van der Waals surface area contributed by atoms with Crippen molar-refractivity contribution in [3.05, 3.63) is 34.7 Å². The monoisotopic (exact) mass is 276 g/mol. The molecular formula is C15H20N2OS. The lowest BCUT2D eigenvalue weighted by atomic mass is 9.85. The molecule has 0 unspecified atom stereocenters. The quantitative estimate of drug-likeness (QED) is 0.932. The third-order valence-corrected chi connectivity index (χ3v) is 3.87. The summed E-state index contributed by atoms with van der Waals surface area (Å²) in [5, 5.41) is 0. The van der Waals surface area contributed by atoms with Crippen molar-refractivity contribution in [2.45, 2.75) is 32.7 Å². The van der Waals surface area contributed by atoms with Gasteiger partial charge in [0.25, 0.3) is 0 Å². The third-order valence-electron chi connectivity index (χ3n) is 3.06. The van der Waals surface area contributed by atoms with Gasteiger partial charge in [-0.05, 0) is 41.2 Å². The second-order valence-corrected chi connectivity index (χ2v) is 6.44. The maximum absolute atomic E-state index is 5.64. The number of rotatable bonds is 3. The zero-order valence-corrected chi connectivity index (χ0v) is 12.7. The number of hydrogen-bond acceptors (Lipinski definition) is 4. The van der Waals surface area contributed by atoms with Crippen LogP contribution in [0.3, 0.4) is 0 Å². The highest BCUT2D eigenvalue weighted by atomic mass is 32.1. The molecular weight excluding hydrogens is 256 g/mol. The Morgan fingerprint density at radius 3 is 2.53 bits per heavy atom. The van der Waals surface area contributed by atoms with Gasteiger partial charge in [-0.3, -0.25) is 0 Å². The summed E-state index contributed by atoms with van der Waals surface area (Å²) in [6.07, 6.45) is 0. The molecule has 0 bridgehead atoms. The Morgan fingerprint density at radius 1 is 1.26 bits per heavy atom. The summed E-state index contributed by atoms with van der Waals surface area (Å²) in [4.78, 5) is 1.10. The zero-order chi connectivity index (χ0) is 14.0. The SMILES string of the molecule is COc1ccc(-c2cc(CN)sn2)cc1C(C)(C)C. The van der Waals surface area contributed by atoms with Crippen molar-refractivity contribution in [1.82, 2.24) is 4.37 Å². The highest BCUT2D eigenvalue weighted by Gasteiger charge is 2.20. The van der Waals surface area contributed by atoms with Crippen LogP contribution >= 0.6 is 11.5 Å². The largest absolute Gasteiger partial charge is 0.496 e. The summed E-state index contributed by atoms with van der Waals surface area (Å²) >= 11 is 1.46. The number of ether oxygens (including phenoxy) is 1. The van der Waals surface area contributed by atoms with Crippen molar-refractivity contribution >= 4 is 11.5 Å². The molecule has 0 spiro atoms. The molecule has 2 N–H and O–H groups in total. The van der Waals surface area contributed by atoms with E-state index in [4.69, 9.17) is 10.5 Å². The molecule has 0 aliphatic rings. The van der Waals surface area contributed by atoms with Gasteiger partial charge in [-0.15, -0.1) is 0 Å². The number of benzene rings is 1. The number of hydrogen-bond donors (Lipinski definition) is 1. The summed E-state index contributed by atoms with van der Waals surface area (Å²) in [5.74, 6) is 0.922. The summed E-state index contributed by atoms with van der Waals surface area (Å²) in [5.41, 5.74) is 8.96. The molecule has 2 aromatic rings. The molecule has 0 saturated carbocycles. The number of aromatic nitrogens is 1. The number of nitrogens with two attached hydrogens (primary N) is 1. The fourth-order valence-electron chi connectivity index (χ4n) is 2.00. The predicted molar refractivity (Wildman–Crippen MR) is 80.7 cm³/mol. The molecule has 1 aromatic carbocycles. The Kier molecular flexibility index (Phi) is 3.92. The molecule has 0 aliphatic carbocycles. The van der Waals surface area contributed by atoms with E-state index in [0.29, 0.717) is 6.54 Å². The van der Waals surface area contributed by atoms with Gasteiger partial charge in [-0.2, -0.15) is 4.37 Å². The first-order valence-corrected chi connectivity index (χ1v) is 7.07. The lowest BCUT2D eigenvalue weighted by molar-refractivity contribution is 0.397. The zero-order valence-electron chi connectivity index (χ0n) is 11.9. The van der Waals surface area contributed by atoms with Crippen molar-refractivity contribution in [2.75, 3.05) is 7.11 Å². The van der Waals surface area contributed by atoms with Gasteiger partial charge in [-0.25, -0.2) is 0 Å². The Morgan fingerprint density at radius 2 is 2.00 bits per heavy atom. The Labute approximate surface area is 118 Å². The lowest BCUT2D eigenvalue weighted by Gasteiger charge is -2.22. The van der Waals surface area contributed by atoms with Crippen LogP contribution in [0.4, 0.5) is 0 Å². The number of nitrogens with zero attached hydrogens (tertiary/aromatic N) is 1. The van der Waals surface area contributed by atoms with Crippen molar-refractivity contribution in [2.24, 2.45) is 5.73 Å². The van der Waals surface area contributed by atoms with Crippen molar-refractivity contribution in [1.29, 1.82) is 0 Å². The second kappa shape index (κ2) is 5.31. The normalized spacial score (nSPS) is 11.6. The highest BCUT2D eigenvalue weighted by molar-refractivity contribution is 7.06. The van der Waals surface area contributed by atoms with E-state index in [0.717, 1.165) is 21.9 Å². The molecule has 0 saturated heterocycles. The molecule has 4 heteroatoms. The molecule has 19 heavy (non-hydrogen) atoms. The van der Waals surface area contributed by atoms with E-state index < -0.39 is 0 Å². The first-order chi connectivity index (χ1) is 8.95. The molecule has 0 amide bonds. The standard InChI is InChI=1S/C15H20N2OS/c1-15(2,3)12-7-10(5-6-14(12)18-4)13-8-11(9-16)19-17-13/h5-8H,9,16H2,1-4H3. The highest BCUT2D eigenvalue weighted by Crippen LogP contribution is 2.35. The fraction of sp³-hybridized carbons (Fsp3) is 0.400. The minimum Gasteiger partial charge on any atom is -0.496 e. The molecule has 0 fully saturated rings. The molecule has 1 aromatic heterocycles. The van der Waals surface area contributed by atoms with E-state index in [1.807, 2.05) is 12.1 Å². The molecule has 0 radical (unpaired) electrons. The van der Waals surface area contributed by atoms with E-state index in [2.05, 4.69) is 37.3 Å². The smallest absolute Gasteiger partial charge is 0.122 e. The van der Waals surface area contributed by atoms with Crippen LogP contribution < -0.4 is 10.5 Å². The van der Waals surface area contributed by atoms with Gasteiger partial charge < -0.3 is 10.5 Å². The van der Waals surface area contributed by atoms with Crippen LogP contribution in [-0.4, -0.2) is 11.5 Å². The van der Waals surface area contributed by atoms with E-state index in [-0.39, 0.29) is 5.41 Å². The van der Waals surface area contributed by atoms with Crippen LogP contribution in [0.1, 0.15) is 31.2 Å². The van der Waals surface area contributed by atoms with Crippen molar-refractivity contribution in [3.63, 3.8) is 0 Å². The molecule has 3 nitrogen and oxygen atoms in total. The fourth-order valence-corrected chi connectivity index (χ4v) is 2.61. The summed E-state index contributed by atoms with van der Waals surface area (Å²) in [7, 11) is 1.71. The minimum atomic E-state index is 0.0358. The topological polar surface area (TPSA) is 48.1 Å². The van der Waals surface area contributed by atoms with Crippen LogP contribution in [-0.2, 0) is 12.0 Å². The van der Waals surface area contributed by atoms with E-state index >= 15 is 0 Å². The molecule has 102 valence electrons. The van der Waals surface area contributed by atoms with Crippen LogP contribution in [0.15, 0.2) is 24.3 Å². The minimum absolute atomic E-state index is 0.0358. The van der Waals surface area contributed by atoms with Crippen LogP contribution in [0, 0.1) is 0 Å². The summed E-state index contributed by atoms with van der Waals surface area (Å²) < 4.78 is 9.91. The van der Waals surface area contributed by atoms with E-state index in [9.17, 15) is 0 Å². The second-order valence-electron chi connectivity index (χ2n) is 5.55. The van der Waals surface area contributed by atoms with Gasteiger partial charge in [0.2, 0.25) is 0 Å². The van der Waals surface area contributed by atoms with Gasteiger partial charge in [0, 0.05) is 22.5 Å². The Hall–Kier alpha value is -1.39. The average molecular weight is 276 g/mol. The van der Waals surface area contributed by atoms with Crippen LogP contribution in [0.25, 0.3) is 11.3 Å². The van der Waals surface area contributed by atoms with Gasteiger partial charge in [0.05, 0.1) is 12.8 Å². The first-order valence-electron chi connectivity index (χ1n) is 6.30. The average Bonchev–Trinajstić information content (AvgIpc) is 2.85. The summed E-state index contributed by atoms with van der Waals surface area (Å²) in [6, 6.07) is 8.27. The number of methoxy groups -OCH3 is 1. The lowest BCUT2D eigenvalue weighted by Crippen LogP contribution is -2.12. The van der Waals surface area contributed by atoms with Gasteiger partial charge >= 0.3 is 0 Å². The Balaban J connectivity index is 2.48. The maximum Gasteiger partial charge on any atom is 0.122 e. The third kappa shape index (κ3) is 2.96. The van der Waals surface area contributed by atoms with Crippen molar-refractivity contribution in [3.8, 4) is 17.0 Å². The van der Waals surface area contributed by atoms with E-state index in [1.54, 1.807) is 7.11 Å². The summed E-state index contributed by atoms with van der Waals surface area (Å²) in [6.45, 7) is 7.09. The van der Waals surface area contributed by atoms with Crippen LogP contribution in [0.5, 0.6) is 5.75 Å². The first kappa shape index (κ1) is 14.0. The van der Waals surface area contributed by atoms with E-state index in [1.165, 1.54) is 17.1 Å². The van der Waals surface area contributed by atoms with Crippen LogP contribution in [0.2, 0.25) is 0 Å². The molecule has 0 atom stereocenters. The molecule has 2 rings (SSSR count). The van der Waals surface area contributed by atoms with Crippen molar-refractivity contribution < 1.29 is 4.74 Å². The van der Waals surface area contributed by atoms with Gasteiger partial charge in [0.1, 0.15) is 5.75 Å². The van der Waals surface area contributed by atoms with Gasteiger partial charge in [-0.1, -0.05) is 20.8 Å². The van der Waals surface area contributed by atoms with Gasteiger partial charge in [0.15, 0.2) is 0 Å². The maximum atomic E-state index is 5.64.